The van der Waals surface area contributed by atoms with Crippen molar-refractivity contribution in [2.75, 3.05) is 18.3 Å². The molecule has 5 heteroatoms. The lowest BCUT2D eigenvalue weighted by Crippen LogP contribution is -2.12. The number of carbonyl (C=O) groups is 2. The molecule has 1 N–H and O–H groups in total. The van der Waals surface area contributed by atoms with Crippen molar-refractivity contribution in [2.45, 2.75) is 6.42 Å². The van der Waals surface area contributed by atoms with E-state index in [1.807, 2.05) is 0 Å². The number of amides is 1. The van der Waals surface area contributed by atoms with Gasteiger partial charge in [0.15, 0.2) is 0 Å². The standard InChI is InChI=1S/C13H12ClNO3/c1-18-13(17)4-2-3-10-5-7-11(8-6-10)15-12(16)9-14/h5-8H,4,9H2,1H3,(H,15,16). The molecule has 1 rings (SSSR count). The Morgan fingerprint density at radius 3 is 2.56 bits per heavy atom. The molecule has 0 unspecified atom stereocenters. The minimum absolute atomic E-state index is 0.0568. The first kappa shape index (κ1) is 14.1. The molecule has 0 heterocycles. The summed E-state index contributed by atoms with van der Waals surface area (Å²) in [6, 6.07) is 6.92. The quantitative estimate of drug-likeness (QED) is 0.515. The van der Waals surface area contributed by atoms with Gasteiger partial charge < -0.3 is 10.1 Å². The lowest BCUT2D eigenvalue weighted by molar-refractivity contribution is -0.139. The molecule has 0 fully saturated rings. The molecule has 0 bridgehead atoms. The molecule has 0 radical (unpaired) electrons. The summed E-state index contributed by atoms with van der Waals surface area (Å²) in [7, 11) is 1.32. The van der Waals surface area contributed by atoms with Crippen LogP contribution in [0.5, 0.6) is 0 Å². The predicted molar refractivity (Wildman–Crippen MR) is 69.3 cm³/mol. The van der Waals surface area contributed by atoms with Gasteiger partial charge in [0.1, 0.15) is 12.3 Å². The van der Waals surface area contributed by atoms with Crippen LogP contribution < -0.4 is 5.32 Å². The first-order valence-corrected chi connectivity index (χ1v) is 5.70. The van der Waals surface area contributed by atoms with Gasteiger partial charge >= 0.3 is 5.97 Å². The zero-order valence-electron chi connectivity index (χ0n) is 9.83. The molecule has 0 spiro atoms. The third kappa shape index (κ3) is 4.89. The van der Waals surface area contributed by atoms with Gasteiger partial charge in [0.05, 0.1) is 7.11 Å². The number of carbonyl (C=O) groups excluding carboxylic acids is 2. The number of alkyl halides is 1. The summed E-state index contributed by atoms with van der Waals surface area (Å²) in [6.07, 6.45) is 0.0568. The Morgan fingerprint density at radius 1 is 1.33 bits per heavy atom. The average molecular weight is 266 g/mol. The molecule has 1 amide bonds. The fourth-order valence-corrected chi connectivity index (χ4v) is 1.19. The van der Waals surface area contributed by atoms with Crippen LogP contribution in [0.3, 0.4) is 0 Å². The SMILES string of the molecule is COC(=O)CC#Cc1ccc(NC(=O)CCl)cc1. The molecule has 1 aromatic carbocycles. The van der Waals surface area contributed by atoms with Crippen molar-refractivity contribution in [1.29, 1.82) is 0 Å². The van der Waals surface area contributed by atoms with Crippen molar-refractivity contribution in [3.05, 3.63) is 29.8 Å². The molecule has 1 aromatic rings. The number of anilines is 1. The summed E-state index contributed by atoms with van der Waals surface area (Å²) in [6.45, 7) is 0. The van der Waals surface area contributed by atoms with Crippen molar-refractivity contribution in [3.63, 3.8) is 0 Å². The molecule has 4 nitrogen and oxygen atoms in total. The third-order valence-electron chi connectivity index (χ3n) is 1.98. The van der Waals surface area contributed by atoms with Gasteiger partial charge in [0.2, 0.25) is 5.91 Å². The highest BCUT2D eigenvalue weighted by atomic mass is 35.5. The number of halogens is 1. The highest BCUT2D eigenvalue weighted by molar-refractivity contribution is 6.29. The number of esters is 1. The Labute approximate surface area is 110 Å². The van der Waals surface area contributed by atoms with E-state index in [-0.39, 0.29) is 24.2 Å². The van der Waals surface area contributed by atoms with E-state index in [9.17, 15) is 9.59 Å². The highest BCUT2D eigenvalue weighted by Crippen LogP contribution is 2.08. The molecular formula is C13H12ClNO3. The number of rotatable bonds is 3. The van der Waals surface area contributed by atoms with Gasteiger partial charge in [-0.1, -0.05) is 11.8 Å². The maximum absolute atomic E-state index is 11.0. The highest BCUT2D eigenvalue weighted by Gasteiger charge is 1.99. The third-order valence-corrected chi connectivity index (χ3v) is 2.23. The van der Waals surface area contributed by atoms with Crippen molar-refractivity contribution in [2.24, 2.45) is 0 Å². The topological polar surface area (TPSA) is 55.4 Å². The van der Waals surface area contributed by atoms with Crippen LogP contribution in [0.2, 0.25) is 0 Å². The van der Waals surface area contributed by atoms with Crippen molar-refractivity contribution in [3.8, 4) is 11.8 Å². The van der Waals surface area contributed by atoms with Crippen LogP contribution in [-0.4, -0.2) is 24.9 Å². The van der Waals surface area contributed by atoms with Crippen LogP contribution in [0.15, 0.2) is 24.3 Å². The zero-order valence-corrected chi connectivity index (χ0v) is 10.6. The van der Waals surface area contributed by atoms with Gasteiger partial charge in [-0.05, 0) is 24.3 Å². The van der Waals surface area contributed by atoms with Gasteiger partial charge in [-0.2, -0.15) is 0 Å². The second-order valence-electron chi connectivity index (χ2n) is 3.31. The second kappa shape index (κ2) is 7.36. The summed E-state index contributed by atoms with van der Waals surface area (Å²) in [4.78, 5) is 21.8. The zero-order chi connectivity index (χ0) is 13.4. The average Bonchev–Trinajstić information content (AvgIpc) is 2.40. The second-order valence-corrected chi connectivity index (χ2v) is 3.58. The van der Waals surface area contributed by atoms with Crippen LogP contribution in [0.25, 0.3) is 0 Å². The molecule has 18 heavy (non-hydrogen) atoms. The van der Waals surface area contributed by atoms with E-state index >= 15 is 0 Å². The largest absolute Gasteiger partial charge is 0.468 e. The van der Waals surface area contributed by atoms with Crippen LogP contribution in [0, 0.1) is 11.8 Å². The van der Waals surface area contributed by atoms with E-state index in [0.717, 1.165) is 5.56 Å². The monoisotopic (exact) mass is 265 g/mol. The molecule has 0 aliphatic rings. The Morgan fingerprint density at radius 2 is 2.00 bits per heavy atom. The van der Waals surface area contributed by atoms with Crippen LogP contribution in [0.1, 0.15) is 12.0 Å². The summed E-state index contributed by atoms with van der Waals surface area (Å²) >= 11 is 5.37. The van der Waals surface area contributed by atoms with E-state index in [2.05, 4.69) is 21.9 Å². The number of hydrogen-bond acceptors (Lipinski definition) is 3. The van der Waals surface area contributed by atoms with E-state index in [0.29, 0.717) is 5.69 Å². The maximum Gasteiger partial charge on any atom is 0.317 e. The van der Waals surface area contributed by atoms with Crippen molar-refractivity contribution in [1.82, 2.24) is 0 Å². The fraction of sp³-hybridized carbons (Fsp3) is 0.231. The Bertz CT molecular complexity index is 485. The summed E-state index contributed by atoms with van der Waals surface area (Å²) in [5, 5.41) is 2.61. The van der Waals surface area contributed by atoms with E-state index in [1.54, 1.807) is 24.3 Å². The molecule has 0 aromatic heterocycles. The summed E-state index contributed by atoms with van der Waals surface area (Å²) < 4.78 is 4.46. The molecule has 0 aliphatic carbocycles. The normalized spacial score (nSPS) is 9.00. The number of hydrogen-bond donors (Lipinski definition) is 1. The van der Waals surface area contributed by atoms with Gasteiger partial charge in [-0.15, -0.1) is 11.6 Å². The van der Waals surface area contributed by atoms with Gasteiger partial charge in [0, 0.05) is 11.3 Å². The molecule has 0 saturated carbocycles. The van der Waals surface area contributed by atoms with E-state index in [1.165, 1.54) is 7.11 Å². The molecule has 0 atom stereocenters. The Balaban J connectivity index is 2.60. The fourth-order valence-electron chi connectivity index (χ4n) is 1.12. The first-order valence-electron chi connectivity index (χ1n) is 5.17. The van der Waals surface area contributed by atoms with Crippen molar-refractivity contribution < 1.29 is 14.3 Å². The number of methoxy groups -OCH3 is 1. The van der Waals surface area contributed by atoms with Crippen molar-refractivity contribution >= 4 is 29.2 Å². The minimum atomic E-state index is -0.367. The molecule has 0 aliphatic heterocycles. The van der Waals surface area contributed by atoms with E-state index < -0.39 is 0 Å². The van der Waals surface area contributed by atoms with E-state index in [4.69, 9.17) is 11.6 Å². The lowest BCUT2D eigenvalue weighted by atomic mass is 10.2. The Hall–Kier alpha value is -1.99. The molecule has 0 saturated heterocycles. The Kier molecular flexibility index (Phi) is 5.75. The predicted octanol–water partition coefficient (Wildman–Crippen LogP) is 1.78. The van der Waals surface area contributed by atoms with Crippen LogP contribution in [-0.2, 0) is 14.3 Å². The van der Waals surface area contributed by atoms with Crippen LogP contribution in [0.4, 0.5) is 5.69 Å². The summed E-state index contributed by atoms with van der Waals surface area (Å²) in [5.41, 5.74) is 1.40. The first-order chi connectivity index (χ1) is 8.65. The lowest BCUT2D eigenvalue weighted by Gasteiger charge is -2.01. The van der Waals surface area contributed by atoms with Gasteiger partial charge in [-0.3, -0.25) is 9.59 Å². The maximum atomic E-state index is 11.0. The number of ether oxygens (including phenoxy) is 1. The van der Waals surface area contributed by atoms with Crippen LogP contribution >= 0.6 is 11.6 Å². The van der Waals surface area contributed by atoms with Gasteiger partial charge in [0.25, 0.3) is 0 Å². The summed E-state index contributed by atoms with van der Waals surface area (Å²) in [5.74, 6) is 4.79. The smallest absolute Gasteiger partial charge is 0.317 e. The number of nitrogens with one attached hydrogen (secondary N) is 1. The molecule has 94 valence electrons. The minimum Gasteiger partial charge on any atom is -0.468 e. The number of benzene rings is 1. The van der Waals surface area contributed by atoms with Gasteiger partial charge in [-0.25, -0.2) is 0 Å². The molecular weight excluding hydrogens is 254 g/mol.